The van der Waals surface area contributed by atoms with E-state index in [1.54, 1.807) is 18.3 Å². The van der Waals surface area contributed by atoms with E-state index in [9.17, 15) is 4.39 Å². The number of anilines is 1. The average molecular weight is 358 g/mol. The molecule has 0 aliphatic heterocycles. The number of benzene rings is 3. The zero-order valence-corrected chi connectivity index (χ0v) is 14.8. The van der Waals surface area contributed by atoms with E-state index in [4.69, 9.17) is 4.52 Å². The van der Waals surface area contributed by atoms with Gasteiger partial charge in [-0.15, -0.1) is 0 Å². The highest BCUT2D eigenvalue weighted by Gasteiger charge is 2.13. The number of hydrogen-bond donors (Lipinski definition) is 0. The maximum absolute atomic E-state index is 14.4. The Morgan fingerprint density at radius 3 is 1.96 bits per heavy atom. The maximum atomic E-state index is 14.4. The standard InChI is InChI=1S/C23H19FN2O/c24-21-13-20(23-11-12-25-27-23)14-22(15-21)26(16-18-7-3-1-4-8-18)17-19-9-5-2-6-10-19/h1-15H,16-17H2. The van der Waals surface area contributed by atoms with E-state index < -0.39 is 0 Å². The van der Waals surface area contributed by atoms with Crippen LogP contribution < -0.4 is 4.90 Å². The van der Waals surface area contributed by atoms with Crippen molar-refractivity contribution in [2.75, 3.05) is 4.90 Å². The van der Waals surface area contributed by atoms with Crippen LogP contribution in [-0.2, 0) is 13.1 Å². The lowest BCUT2D eigenvalue weighted by molar-refractivity contribution is 0.432. The molecule has 0 saturated heterocycles. The Balaban J connectivity index is 1.71. The predicted octanol–water partition coefficient (Wildman–Crippen LogP) is 5.69. The third kappa shape index (κ3) is 4.23. The van der Waals surface area contributed by atoms with Crippen molar-refractivity contribution in [2.24, 2.45) is 0 Å². The van der Waals surface area contributed by atoms with E-state index >= 15 is 0 Å². The Hall–Kier alpha value is -3.40. The summed E-state index contributed by atoms with van der Waals surface area (Å²) in [5, 5.41) is 3.73. The quantitative estimate of drug-likeness (QED) is 0.443. The second-order valence-corrected chi connectivity index (χ2v) is 6.40. The minimum Gasteiger partial charge on any atom is -0.363 e. The van der Waals surface area contributed by atoms with Gasteiger partial charge in [0.25, 0.3) is 0 Å². The molecule has 0 N–H and O–H groups in total. The fraction of sp³-hybridized carbons (Fsp3) is 0.0870. The first-order chi connectivity index (χ1) is 13.3. The van der Waals surface area contributed by atoms with Crippen LogP contribution in [0.5, 0.6) is 0 Å². The molecule has 4 rings (SSSR count). The molecule has 0 amide bonds. The minimum atomic E-state index is -0.301. The second kappa shape index (κ2) is 7.87. The van der Waals surface area contributed by atoms with Crippen LogP contribution in [0, 0.1) is 5.82 Å². The van der Waals surface area contributed by atoms with Crippen LogP contribution >= 0.6 is 0 Å². The molecule has 27 heavy (non-hydrogen) atoms. The molecule has 0 spiro atoms. The Morgan fingerprint density at radius 1 is 0.778 bits per heavy atom. The summed E-state index contributed by atoms with van der Waals surface area (Å²) in [5.41, 5.74) is 3.81. The van der Waals surface area contributed by atoms with Crippen LogP contribution in [0.2, 0.25) is 0 Å². The summed E-state index contributed by atoms with van der Waals surface area (Å²) in [5.74, 6) is 0.250. The van der Waals surface area contributed by atoms with Gasteiger partial charge in [-0.05, 0) is 29.3 Å². The second-order valence-electron chi connectivity index (χ2n) is 6.40. The van der Waals surface area contributed by atoms with E-state index in [1.165, 1.54) is 17.2 Å². The van der Waals surface area contributed by atoms with Gasteiger partial charge in [0, 0.05) is 30.4 Å². The average Bonchev–Trinajstić information content (AvgIpc) is 3.24. The molecule has 134 valence electrons. The molecule has 0 aliphatic rings. The van der Waals surface area contributed by atoms with Crippen molar-refractivity contribution in [3.05, 3.63) is 108 Å². The SMILES string of the molecule is Fc1cc(-c2ccno2)cc(N(Cc2ccccc2)Cc2ccccc2)c1. The van der Waals surface area contributed by atoms with Crippen molar-refractivity contribution in [3.8, 4) is 11.3 Å². The first-order valence-corrected chi connectivity index (χ1v) is 8.82. The smallest absolute Gasteiger partial charge is 0.166 e. The first-order valence-electron chi connectivity index (χ1n) is 8.82. The van der Waals surface area contributed by atoms with E-state index in [0.29, 0.717) is 24.4 Å². The number of rotatable bonds is 6. The van der Waals surface area contributed by atoms with Crippen LogP contribution in [0.3, 0.4) is 0 Å². The predicted molar refractivity (Wildman–Crippen MR) is 105 cm³/mol. The van der Waals surface area contributed by atoms with E-state index in [1.807, 2.05) is 42.5 Å². The summed E-state index contributed by atoms with van der Waals surface area (Å²) in [4.78, 5) is 2.16. The van der Waals surface area contributed by atoms with Gasteiger partial charge < -0.3 is 9.42 Å². The fourth-order valence-corrected chi connectivity index (χ4v) is 3.11. The van der Waals surface area contributed by atoms with Gasteiger partial charge in [0.2, 0.25) is 0 Å². The molecule has 3 aromatic carbocycles. The highest BCUT2D eigenvalue weighted by molar-refractivity contribution is 5.64. The molecule has 0 saturated carbocycles. The Kier molecular flexibility index (Phi) is 4.97. The molecule has 3 nitrogen and oxygen atoms in total. The van der Waals surface area contributed by atoms with Crippen LogP contribution in [0.1, 0.15) is 11.1 Å². The zero-order valence-electron chi connectivity index (χ0n) is 14.8. The molecule has 1 heterocycles. The van der Waals surface area contributed by atoms with Gasteiger partial charge in [0.1, 0.15) is 5.82 Å². The summed E-state index contributed by atoms with van der Waals surface area (Å²) >= 11 is 0. The zero-order chi connectivity index (χ0) is 18.5. The summed E-state index contributed by atoms with van der Waals surface area (Å²) in [6.07, 6.45) is 1.56. The minimum absolute atomic E-state index is 0.301. The van der Waals surface area contributed by atoms with Crippen molar-refractivity contribution in [2.45, 2.75) is 13.1 Å². The number of aromatic nitrogens is 1. The molecule has 0 atom stereocenters. The topological polar surface area (TPSA) is 29.3 Å². The largest absolute Gasteiger partial charge is 0.363 e. The lowest BCUT2D eigenvalue weighted by Crippen LogP contribution is -2.22. The van der Waals surface area contributed by atoms with Crippen LogP contribution in [-0.4, -0.2) is 5.16 Å². The van der Waals surface area contributed by atoms with Gasteiger partial charge in [-0.3, -0.25) is 0 Å². The summed E-state index contributed by atoms with van der Waals surface area (Å²) < 4.78 is 19.6. The summed E-state index contributed by atoms with van der Waals surface area (Å²) in [7, 11) is 0. The third-order valence-corrected chi connectivity index (χ3v) is 4.40. The van der Waals surface area contributed by atoms with Crippen molar-refractivity contribution in [1.29, 1.82) is 0 Å². The van der Waals surface area contributed by atoms with Crippen LogP contribution in [0.25, 0.3) is 11.3 Å². The highest BCUT2D eigenvalue weighted by Crippen LogP contribution is 2.28. The Labute approximate surface area is 157 Å². The summed E-state index contributed by atoms with van der Waals surface area (Å²) in [6, 6.07) is 27.1. The molecular formula is C23H19FN2O. The molecule has 0 unspecified atom stereocenters. The summed E-state index contributed by atoms with van der Waals surface area (Å²) in [6.45, 7) is 1.35. The molecule has 4 heteroatoms. The molecule has 0 fully saturated rings. The number of nitrogens with zero attached hydrogens (tertiary/aromatic N) is 2. The molecule has 1 aromatic heterocycles. The normalized spacial score (nSPS) is 10.7. The Bertz CT molecular complexity index is 944. The van der Waals surface area contributed by atoms with Crippen LogP contribution in [0.4, 0.5) is 10.1 Å². The third-order valence-electron chi connectivity index (χ3n) is 4.40. The van der Waals surface area contributed by atoms with Gasteiger partial charge in [-0.25, -0.2) is 4.39 Å². The van der Waals surface area contributed by atoms with Crippen molar-refractivity contribution < 1.29 is 8.91 Å². The van der Waals surface area contributed by atoms with Gasteiger partial charge in [-0.2, -0.15) is 0 Å². The van der Waals surface area contributed by atoms with Gasteiger partial charge in [0.15, 0.2) is 5.76 Å². The lowest BCUT2D eigenvalue weighted by Gasteiger charge is -2.26. The number of halogens is 1. The molecule has 0 radical (unpaired) electrons. The monoisotopic (exact) mass is 358 g/mol. The van der Waals surface area contributed by atoms with Crippen LogP contribution in [0.15, 0.2) is 95.6 Å². The molecule has 0 aliphatic carbocycles. The molecule has 4 aromatic rings. The lowest BCUT2D eigenvalue weighted by atomic mass is 10.1. The molecular weight excluding hydrogens is 339 g/mol. The fourth-order valence-electron chi connectivity index (χ4n) is 3.11. The van der Waals surface area contributed by atoms with Gasteiger partial charge in [-0.1, -0.05) is 65.8 Å². The van der Waals surface area contributed by atoms with Gasteiger partial charge in [0.05, 0.1) is 6.20 Å². The molecule has 0 bridgehead atoms. The van der Waals surface area contributed by atoms with E-state index in [2.05, 4.69) is 34.3 Å². The first kappa shape index (κ1) is 17.0. The number of hydrogen-bond acceptors (Lipinski definition) is 3. The van der Waals surface area contributed by atoms with E-state index in [0.717, 1.165) is 5.69 Å². The maximum Gasteiger partial charge on any atom is 0.166 e. The highest BCUT2D eigenvalue weighted by atomic mass is 19.1. The van der Waals surface area contributed by atoms with Crippen molar-refractivity contribution in [3.63, 3.8) is 0 Å². The Morgan fingerprint density at radius 2 is 1.41 bits per heavy atom. The van der Waals surface area contributed by atoms with Crippen molar-refractivity contribution >= 4 is 5.69 Å². The van der Waals surface area contributed by atoms with Crippen molar-refractivity contribution in [1.82, 2.24) is 5.16 Å². The van der Waals surface area contributed by atoms with E-state index in [-0.39, 0.29) is 5.82 Å². The van der Waals surface area contributed by atoms with Gasteiger partial charge >= 0.3 is 0 Å².